The van der Waals surface area contributed by atoms with Gasteiger partial charge in [-0.05, 0) is 13.3 Å². The number of likely N-dealkylation sites (tertiary alicyclic amines) is 1. The molecule has 76 valence electrons. The normalized spacial score (nSPS) is 31.9. The largest absolute Gasteiger partial charge is 0.392 e. The Labute approximate surface area is 77.1 Å². The number of amides is 1. The Morgan fingerprint density at radius 3 is 2.85 bits per heavy atom. The van der Waals surface area contributed by atoms with Crippen LogP contribution in [0.2, 0.25) is 0 Å². The first-order valence-corrected chi connectivity index (χ1v) is 4.40. The second-order valence-electron chi connectivity index (χ2n) is 3.61. The standard InChI is InChI=1S/C8H16N2O3/c1-5(11)3-10-4-6(12)2-7(10)8(9)13/h5-7,11-12H,2-4H2,1H3,(H2,9,13). The molecule has 0 aromatic rings. The van der Waals surface area contributed by atoms with Gasteiger partial charge in [0, 0.05) is 13.1 Å². The van der Waals surface area contributed by atoms with Crippen LogP contribution in [-0.4, -0.2) is 52.4 Å². The van der Waals surface area contributed by atoms with Gasteiger partial charge >= 0.3 is 0 Å². The summed E-state index contributed by atoms with van der Waals surface area (Å²) in [6.45, 7) is 2.44. The summed E-state index contributed by atoms with van der Waals surface area (Å²) in [6, 6.07) is -0.426. The lowest BCUT2D eigenvalue weighted by Crippen LogP contribution is -2.43. The minimum atomic E-state index is -0.507. The summed E-state index contributed by atoms with van der Waals surface area (Å²) < 4.78 is 0. The molecule has 0 aromatic heterocycles. The van der Waals surface area contributed by atoms with Crippen LogP contribution >= 0.6 is 0 Å². The highest BCUT2D eigenvalue weighted by atomic mass is 16.3. The van der Waals surface area contributed by atoms with Crippen LogP contribution in [0.4, 0.5) is 0 Å². The van der Waals surface area contributed by atoms with Crippen LogP contribution in [0.15, 0.2) is 0 Å². The molecule has 1 saturated heterocycles. The van der Waals surface area contributed by atoms with Gasteiger partial charge in [-0.25, -0.2) is 0 Å². The van der Waals surface area contributed by atoms with Crippen molar-refractivity contribution in [3.8, 4) is 0 Å². The molecule has 1 aliphatic heterocycles. The van der Waals surface area contributed by atoms with Gasteiger partial charge in [-0.2, -0.15) is 0 Å². The lowest BCUT2D eigenvalue weighted by molar-refractivity contribution is -0.122. The molecule has 5 nitrogen and oxygen atoms in total. The molecule has 3 atom stereocenters. The molecule has 0 radical (unpaired) electrons. The number of aliphatic hydroxyl groups excluding tert-OH is 2. The average Bonchev–Trinajstić information content (AvgIpc) is 2.29. The molecule has 1 fully saturated rings. The number of carbonyl (C=O) groups excluding carboxylic acids is 1. The van der Waals surface area contributed by atoms with Crippen LogP contribution in [-0.2, 0) is 4.79 Å². The Hall–Kier alpha value is -0.650. The highest BCUT2D eigenvalue weighted by molar-refractivity contribution is 5.80. The summed E-state index contributed by atoms with van der Waals surface area (Å²) in [5.74, 6) is -0.433. The minimum Gasteiger partial charge on any atom is -0.392 e. The van der Waals surface area contributed by atoms with Crippen molar-refractivity contribution in [2.75, 3.05) is 13.1 Å². The van der Waals surface area contributed by atoms with Gasteiger partial charge in [-0.15, -0.1) is 0 Å². The average molecular weight is 188 g/mol. The lowest BCUT2D eigenvalue weighted by Gasteiger charge is -2.22. The summed E-state index contributed by atoms with van der Waals surface area (Å²) in [4.78, 5) is 12.6. The summed E-state index contributed by atoms with van der Waals surface area (Å²) in [5, 5.41) is 18.4. The van der Waals surface area contributed by atoms with Gasteiger partial charge in [0.15, 0.2) is 0 Å². The first-order chi connectivity index (χ1) is 6.00. The maximum absolute atomic E-state index is 10.9. The van der Waals surface area contributed by atoms with Crippen LogP contribution in [0, 0.1) is 0 Å². The summed E-state index contributed by atoms with van der Waals surface area (Å²) in [6.07, 6.45) is -0.634. The van der Waals surface area contributed by atoms with E-state index in [0.29, 0.717) is 19.5 Å². The van der Waals surface area contributed by atoms with Crippen molar-refractivity contribution in [1.29, 1.82) is 0 Å². The predicted molar refractivity (Wildman–Crippen MR) is 46.9 cm³/mol. The van der Waals surface area contributed by atoms with Crippen LogP contribution in [0.5, 0.6) is 0 Å². The third-order valence-corrected chi connectivity index (χ3v) is 2.21. The molecule has 5 heteroatoms. The fourth-order valence-corrected chi connectivity index (χ4v) is 1.72. The molecule has 1 rings (SSSR count). The zero-order chi connectivity index (χ0) is 10.0. The van der Waals surface area contributed by atoms with Crippen LogP contribution in [0.25, 0.3) is 0 Å². The van der Waals surface area contributed by atoms with Crippen molar-refractivity contribution in [1.82, 2.24) is 4.90 Å². The Balaban J connectivity index is 2.55. The molecule has 13 heavy (non-hydrogen) atoms. The van der Waals surface area contributed by atoms with Crippen LogP contribution < -0.4 is 5.73 Å². The van der Waals surface area contributed by atoms with Gasteiger partial charge in [0.05, 0.1) is 18.2 Å². The van der Waals surface area contributed by atoms with E-state index >= 15 is 0 Å². The van der Waals surface area contributed by atoms with E-state index in [0.717, 1.165) is 0 Å². The minimum absolute atomic E-state index is 0.377. The first kappa shape index (κ1) is 10.4. The molecule has 0 aliphatic carbocycles. The molecule has 4 N–H and O–H groups in total. The van der Waals surface area contributed by atoms with E-state index in [4.69, 9.17) is 10.8 Å². The highest BCUT2D eigenvalue weighted by Crippen LogP contribution is 2.17. The number of aliphatic hydroxyl groups is 2. The quantitative estimate of drug-likeness (QED) is 0.492. The maximum Gasteiger partial charge on any atom is 0.234 e. The molecule has 1 heterocycles. The smallest absolute Gasteiger partial charge is 0.234 e. The van der Waals surface area contributed by atoms with Crippen molar-refractivity contribution in [3.05, 3.63) is 0 Å². The third kappa shape index (κ3) is 2.65. The van der Waals surface area contributed by atoms with Gasteiger partial charge in [0.2, 0.25) is 5.91 Å². The molecular weight excluding hydrogens is 172 g/mol. The maximum atomic E-state index is 10.9. The molecule has 0 spiro atoms. The van der Waals surface area contributed by atoms with Gasteiger partial charge in [0.25, 0.3) is 0 Å². The van der Waals surface area contributed by atoms with E-state index in [-0.39, 0.29) is 0 Å². The Morgan fingerprint density at radius 2 is 2.38 bits per heavy atom. The fraction of sp³-hybridized carbons (Fsp3) is 0.875. The molecule has 3 unspecified atom stereocenters. The Morgan fingerprint density at radius 1 is 1.77 bits per heavy atom. The van der Waals surface area contributed by atoms with Gasteiger partial charge in [0.1, 0.15) is 0 Å². The van der Waals surface area contributed by atoms with Gasteiger partial charge < -0.3 is 15.9 Å². The lowest BCUT2D eigenvalue weighted by atomic mass is 10.2. The van der Waals surface area contributed by atoms with Gasteiger partial charge in [-0.1, -0.05) is 0 Å². The number of nitrogens with two attached hydrogens (primary N) is 1. The number of β-amino-alcohol motifs (C(OH)–C–C–N with tert-alkyl or cyclic N) is 2. The molecule has 1 aliphatic rings. The summed E-state index contributed by atoms with van der Waals surface area (Å²) in [5.41, 5.74) is 5.15. The van der Waals surface area contributed by atoms with Gasteiger partial charge in [-0.3, -0.25) is 9.69 Å². The topological polar surface area (TPSA) is 86.8 Å². The van der Waals surface area contributed by atoms with E-state index in [1.165, 1.54) is 0 Å². The number of hydrogen-bond donors (Lipinski definition) is 3. The zero-order valence-electron chi connectivity index (χ0n) is 7.68. The number of rotatable bonds is 3. The predicted octanol–water partition coefficient (Wildman–Crippen LogP) is -1.71. The Bertz CT molecular complexity index is 196. The van der Waals surface area contributed by atoms with Crippen molar-refractivity contribution in [2.24, 2.45) is 5.73 Å². The number of nitrogens with zero attached hydrogens (tertiary/aromatic N) is 1. The van der Waals surface area contributed by atoms with Crippen LogP contribution in [0.1, 0.15) is 13.3 Å². The van der Waals surface area contributed by atoms with Crippen molar-refractivity contribution >= 4 is 5.91 Å². The zero-order valence-corrected chi connectivity index (χ0v) is 7.68. The van der Waals surface area contributed by atoms with Crippen molar-refractivity contribution in [2.45, 2.75) is 31.6 Å². The van der Waals surface area contributed by atoms with E-state index in [1.807, 2.05) is 0 Å². The highest BCUT2D eigenvalue weighted by Gasteiger charge is 2.34. The molecule has 0 saturated carbocycles. The van der Waals surface area contributed by atoms with E-state index in [1.54, 1.807) is 11.8 Å². The van der Waals surface area contributed by atoms with Crippen LogP contribution in [0.3, 0.4) is 0 Å². The van der Waals surface area contributed by atoms with Crippen molar-refractivity contribution in [3.63, 3.8) is 0 Å². The van der Waals surface area contributed by atoms with E-state index < -0.39 is 24.2 Å². The fourth-order valence-electron chi connectivity index (χ4n) is 1.72. The molecule has 1 amide bonds. The summed E-state index contributed by atoms with van der Waals surface area (Å²) in [7, 11) is 0. The Kier molecular flexibility index (Phi) is 3.24. The van der Waals surface area contributed by atoms with E-state index in [2.05, 4.69) is 0 Å². The molecule has 0 bridgehead atoms. The number of carbonyl (C=O) groups is 1. The second-order valence-corrected chi connectivity index (χ2v) is 3.61. The number of hydrogen-bond acceptors (Lipinski definition) is 4. The third-order valence-electron chi connectivity index (χ3n) is 2.21. The number of primary amides is 1. The molecular formula is C8H16N2O3. The SMILES string of the molecule is CC(O)CN1CC(O)CC1C(N)=O. The second kappa shape index (κ2) is 4.04. The first-order valence-electron chi connectivity index (χ1n) is 4.40. The van der Waals surface area contributed by atoms with Crippen molar-refractivity contribution < 1.29 is 15.0 Å². The monoisotopic (exact) mass is 188 g/mol. The summed E-state index contributed by atoms with van der Waals surface area (Å²) >= 11 is 0. The molecule has 0 aromatic carbocycles. The van der Waals surface area contributed by atoms with E-state index in [9.17, 15) is 9.90 Å².